The number of urea groups is 1. The number of rotatable bonds is 4. The Morgan fingerprint density at radius 3 is 2.10 bits per heavy atom. The van der Waals surface area contributed by atoms with Gasteiger partial charge in [0.15, 0.2) is 0 Å². The molecule has 2 rings (SSSR count). The number of carbonyl (C=O) groups excluding carboxylic acids is 1. The molecule has 0 spiro atoms. The second kappa shape index (κ2) is 5.16. The van der Waals surface area contributed by atoms with Gasteiger partial charge in [0.05, 0.1) is 0 Å². The fourth-order valence-corrected chi connectivity index (χ4v) is 3.41. The van der Waals surface area contributed by atoms with E-state index in [2.05, 4.69) is 38.3 Å². The van der Waals surface area contributed by atoms with Crippen molar-refractivity contribution in [1.29, 1.82) is 0 Å². The SMILES string of the molecule is CC1(C)C(CNC(=O)NC2(C(=O)O)CCOCC2)C1(C)C. The first-order valence-corrected chi connectivity index (χ1v) is 7.51. The van der Waals surface area contributed by atoms with Gasteiger partial charge in [0, 0.05) is 32.6 Å². The van der Waals surface area contributed by atoms with Crippen LogP contribution in [0.2, 0.25) is 0 Å². The highest BCUT2D eigenvalue weighted by Gasteiger charge is 2.64. The molecule has 0 unspecified atom stereocenters. The molecule has 6 nitrogen and oxygen atoms in total. The third-order valence-corrected chi connectivity index (χ3v) is 5.89. The molecule has 6 heteroatoms. The molecular weight excluding hydrogens is 272 g/mol. The van der Waals surface area contributed by atoms with Crippen LogP contribution in [0.1, 0.15) is 40.5 Å². The normalized spacial score (nSPS) is 25.9. The third-order valence-electron chi connectivity index (χ3n) is 5.89. The lowest BCUT2D eigenvalue weighted by molar-refractivity contribution is -0.148. The summed E-state index contributed by atoms with van der Waals surface area (Å²) in [5.74, 6) is -0.584. The van der Waals surface area contributed by atoms with E-state index in [0.29, 0.717) is 38.5 Å². The lowest BCUT2D eigenvalue weighted by Gasteiger charge is -2.33. The van der Waals surface area contributed by atoms with Crippen molar-refractivity contribution < 1.29 is 19.4 Å². The van der Waals surface area contributed by atoms with Crippen LogP contribution in [0.3, 0.4) is 0 Å². The van der Waals surface area contributed by atoms with Crippen LogP contribution < -0.4 is 10.6 Å². The lowest BCUT2D eigenvalue weighted by Crippen LogP contribution is -2.59. The predicted octanol–water partition coefficient (Wildman–Crippen LogP) is 1.60. The lowest BCUT2D eigenvalue weighted by atomic mass is 9.90. The van der Waals surface area contributed by atoms with E-state index < -0.39 is 17.5 Å². The number of carboxylic acids is 1. The minimum absolute atomic E-state index is 0.198. The summed E-state index contributed by atoms with van der Waals surface area (Å²) >= 11 is 0. The van der Waals surface area contributed by atoms with Crippen molar-refractivity contribution in [3.05, 3.63) is 0 Å². The van der Waals surface area contributed by atoms with Gasteiger partial charge >= 0.3 is 12.0 Å². The van der Waals surface area contributed by atoms with E-state index in [0.717, 1.165) is 0 Å². The van der Waals surface area contributed by atoms with Crippen LogP contribution in [0.4, 0.5) is 4.79 Å². The second-order valence-corrected chi connectivity index (χ2v) is 7.33. The van der Waals surface area contributed by atoms with Crippen LogP contribution in [0.15, 0.2) is 0 Å². The number of nitrogens with one attached hydrogen (secondary N) is 2. The van der Waals surface area contributed by atoms with Gasteiger partial charge in [0.25, 0.3) is 0 Å². The van der Waals surface area contributed by atoms with E-state index in [1.165, 1.54) is 0 Å². The predicted molar refractivity (Wildman–Crippen MR) is 78.0 cm³/mol. The summed E-state index contributed by atoms with van der Waals surface area (Å²) in [5, 5.41) is 14.9. The standard InChI is InChI=1S/C15H26N2O4/c1-13(2)10(14(13,3)4)9-16-12(20)17-15(11(18)19)5-7-21-8-6-15/h10H,5-9H2,1-4H3,(H,18,19)(H2,16,17,20). The fraction of sp³-hybridized carbons (Fsp3) is 0.867. The Morgan fingerprint density at radius 1 is 1.14 bits per heavy atom. The Morgan fingerprint density at radius 2 is 1.67 bits per heavy atom. The van der Waals surface area contributed by atoms with Crippen molar-refractivity contribution in [3.8, 4) is 0 Å². The molecule has 2 amide bonds. The van der Waals surface area contributed by atoms with E-state index >= 15 is 0 Å². The largest absolute Gasteiger partial charge is 0.480 e. The van der Waals surface area contributed by atoms with Gasteiger partial charge in [-0.25, -0.2) is 9.59 Å². The number of amides is 2. The van der Waals surface area contributed by atoms with E-state index in [1.807, 2.05) is 0 Å². The zero-order valence-corrected chi connectivity index (χ0v) is 13.3. The van der Waals surface area contributed by atoms with Crippen LogP contribution in [-0.2, 0) is 9.53 Å². The van der Waals surface area contributed by atoms with E-state index in [1.54, 1.807) is 0 Å². The Balaban J connectivity index is 1.88. The van der Waals surface area contributed by atoms with Crippen molar-refractivity contribution in [2.75, 3.05) is 19.8 Å². The van der Waals surface area contributed by atoms with Gasteiger partial charge in [-0.15, -0.1) is 0 Å². The molecular formula is C15H26N2O4. The summed E-state index contributed by atoms with van der Waals surface area (Å²) in [7, 11) is 0. The first-order chi connectivity index (χ1) is 9.63. The molecule has 3 N–H and O–H groups in total. The number of carbonyl (C=O) groups is 2. The number of hydrogen-bond acceptors (Lipinski definition) is 3. The van der Waals surface area contributed by atoms with E-state index in [4.69, 9.17) is 4.74 Å². The molecule has 0 radical (unpaired) electrons. The summed E-state index contributed by atoms with van der Waals surface area (Å²) < 4.78 is 5.18. The zero-order chi connectivity index (χ0) is 15.9. The molecule has 1 saturated heterocycles. The van der Waals surface area contributed by atoms with Crippen molar-refractivity contribution in [2.24, 2.45) is 16.7 Å². The van der Waals surface area contributed by atoms with Gasteiger partial charge in [0.2, 0.25) is 0 Å². The molecule has 0 aromatic heterocycles. The summed E-state index contributed by atoms with van der Waals surface area (Å²) in [4.78, 5) is 23.5. The molecule has 1 heterocycles. The molecule has 0 aromatic rings. The topological polar surface area (TPSA) is 87.7 Å². The smallest absolute Gasteiger partial charge is 0.329 e. The van der Waals surface area contributed by atoms with Crippen LogP contribution in [-0.4, -0.2) is 42.4 Å². The van der Waals surface area contributed by atoms with Crippen molar-refractivity contribution >= 4 is 12.0 Å². The van der Waals surface area contributed by atoms with E-state index in [9.17, 15) is 14.7 Å². The number of ether oxygens (including phenoxy) is 1. The second-order valence-electron chi connectivity index (χ2n) is 7.33. The molecule has 0 aromatic carbocycles. The van der Waals surface area contributed by atoms with Gasteiger partial charge < -0.3 is 20.5 Å². The summed E-state index contributed by atoms with van der Waals surface area (Å²) in [6, 6.07) is -0.405. The summed E-state index contributed by atoms with van der Waals surface area (Å²) in [5.41, 5.74) is -0.802. The monoisotopic (exact) mass is 298 g/mol. The average Bonchev–Trinajstić information content (AvgIpc) is 2.78. The zero-order valence-electron chi connectivity index (χ0n) is 13.3. The highest BCUT2D eigenvalue weighted by molar-refractivity contribution is 5.86. The quantitative estimate of drug-likeness (QED) is 0.735. The fourth-order valence-electron chi connectivity index (χ4n) is 3.41. The van der Waals surface area contributed by atoms with Crippen molar-refractivity contribution in [2.45, 2.75) is 46.1 Å². The van der Waals surface area contributed by atoms with Gasteiger partial charge in [-0.2, -0.15) is 0 Å². The van der Waals surface area contributed by atoms with Crippen molar-refractivity contribution in [1.82, 2.24) is 10.6 Å². The Kier molecular flexibility index (Phi) is 3.95. The molecule has 0 bridgehead atoms. The van der Waals surface area contributed by atoms with Gasteiger partial charge in [-0.05, 0) is 16.7 Å². The van der Waals surface area contributed by atoms with Crippen LogP contribution in [0.25, 0.3) is 0 Å². The molecule has 21 heavy (non-hydrogen) atoms. The minimum atomic E-state index is -1.20. The Hall–Kier alpha value is -1.30. The number of aliphatic carboxylic acids is 1. The maximum absolute atomic E-state index is 12.0. The Bertz CT molecular complexity index is 425. The molecule has 0 atom stereocenters. The molecule has 1 aliphatic carbocycles. The molecule has 1 aliphatic heterocycles. The van der Waals surface area contributed by atoms with Gasteiger partial charge in [-0.1, -0.05) is 27.7 Å². The molecule has 2 aliphatic rings. The van der Waals surface area contributed by atoms with Crippen LogP contribution in [0.5, 0.6) is 0 Å². The molecule has 1 saturated carbocycles. The van der Waals surface area contributed by atoms with Gasteiger partial charge in [0.1, 0.15) is 5.54 Å². The summed E-state index contributed by atoms with van der Waals surface area (Å²) in [6.45, 7) is 10.0. The Labute approximate surface area is 125 Å². The first-order valence-electron chi connectivity index (χ1n) is 7.51. The highest BCUT2D eigenvalue weighted by atomic mass is 16.5. The van der Waals surface area contributed by atoms with Crippen molar-refractivity contribution in [3.63, 3.8) is 0 Å². The molecule has 2 fully saturated rings. The van der Waals surface area contributed by atoms with Crippen LogP contribution in [0, 0.1) is 16.7 Å². The van der Waals surface area contributed by atoms with E-state index in [-0.39, 0.29) is 10.8 Å². The summed E-state index contributed by atoms with van der Waals surface area (Å²) in [6.07, 6.45) is 0.604. The average molecular weight is 298 g/mol. The van der Waals surface area contributed by atoms with Crippen LogP contribution >= 0.6 is 0 Å². The maximum atomic E-state index is 12.0. The number of carboxylic acid groups (broad SMARTS) is 1. The highest BCUT2D eigenvalue weighted by Crippen LogP contribution is 2.67. The third kappa shape index (κ3) is 2.73. The number of hydrogen-bond donors (Lipinski definition) is 3. The molecule has 120 valence electrons. The minimum Gasteiger partial charge on any atom is -0.480 e. The van der Waals surface area contributed by atoms with Gasteiger partial charge in [-0.3, -0.25) is 0 Å². The first kappa shape index (κ1) is 16.1. The maximum Gasteiger partial charge on any atom is 0.329 e.